The second-order valence-corrected chi connectivity index (χ2v) is 5.68. The third-order valence-electron chi connectivity index (χ3n) is 4.00. The molecule has 7 heteroatoms. The van der Waals surface area contributed by atoms with Crippen LogP contribution in [-0.4, -0.2) is 25.3 Å². The summed E-state index contributed by atoms with van der Waals surface area (Å²) in [5.74, 6) is 2.06. The van der Waals surface area contributed by atoms with Gasteiger partial charge in [-0.25, -0.2) is 0 Å². The molecule has 0 atom stereocenters. The standard InChI is InChI=1S/C20H20N2O5/c1-13-16(12-26-15-10-8-14(24-2)9-11-15)19(22-27-13)20(23)21-17-6-4-5-7-18(17)25-3/h4-11H,12H2,1-3H3,(H,21,23). The summed E-state index contributed by atoms with van der Waals surface area (Å²) in [6.07, 6.45) is 0. The summed E-state index contributed by atoms with van der Waals surface area (Å²) >= 11 is 0. The lowest BCUT2D eigenvalue weighted by molar-refractivity contribution is 0.101. The van der Waals surface area contributed by atoms with Crippen LogP contribution in [0.4, 0.5) is 5.69 Å². The van der Waals surface area contributed by atoms with Gasteiger partial charge in [-0.1, -0.05) is 17.3 Å². The van der Waals surface area contributed by atoms with Crippen LogP contribution in [0.15, 0.2) is 53.1 Å². The normalized spacial score (nSPS) is 10.3. The van der Waals surface area contributed by atoms with Crippen LogP contribution in [0.25, 0.3) is 0 Å². The lowest BCUT2D eigenvalue weighted by Crippen LogP contribution is -2.16. The highest BCUT2D eigenvalue weighted by Gasteiger charge is 2.21. The number of anilines is 1. The Morgan fingerprint density at radius 3 is 2.44 bits per heavy atom. The number of amides is 1. The monoisotopic (exact) mass is 368 g/mol. The van der Waals surface area contributed by atoms with E-state index in [0.717, 1.165) is 5.75 Å². The molecule has 0 aliphatic rings. The number of benzene rings is 2. The highest BCUT2D eigenvalue weighted by Crippen LogP contribution is 2.25. The van der Waals surface area contributed by atoms with Crippen molar-refractivity contribution >= 4 is 11.6 Å². The van der Waals surface area contributed by atoms with Crippen molar-refractivity contribution in [1.29, 1.82) is 0 Å². The number of hydrogen-bond acceptors (Lipinski definition) is 6. The molecule has 0 fully saturated rings. The Bertz CT molecular complexity index is 918. The number of aromatic nitrogens is 1. The molecular formula is C20H20N2O5. The molecule has 2 aromatic carbocycles. The van der Waals surface area contributed by atoms with Gasteiger partial charge in [0, 0.05) is 0 Å². The number of nitrogens with zero attached hydrogens (tertiary/aromatic N) is 1. The van der Waals surface area contributed by atoms with Gasteiger partial charge in [-0.05, 0) is 43.3 Å². The molecule has 1 N–H and O–H groups in total. The lowest BCUT2D eigenvalue weighted by atomic mass is 10.2. The van der Waals surface area contributed by atoms with Crippen molar-refractivity contribution in [3.05, 3.63) is 65.5 Å². The third-order valence-corrected chi connectivity index (χ3v) is 4.00. The Morgan fingerprint density at radius 1 is 1.04 bits per heavy atom. The van der Waals surface area contributed by atoms with E-state index in [1.807, 2.05) is 6.07 Å². The van der Waals surface area contributed by atoms with Gasteiger partial charge in [-0.15, -0.1) is 0 Å². The van der Waals surface area contributed by atoms with Gasteiger partial charge in [0.25, 0.3) is 5.91 Å². The molecule has 7 nitrogen and oxygen atoms in total. The van der Waals surface area contributed by atoms with Crippen LogP contribution < -0.4 is 19.5 Å². The van der Waals surface area contributed by atoms with Crippen LogP contribution in [0.1, 0.15) is 21.8 Å². The van der Waals surface area contributed by atoms with E-state index in [9.17, 15) is 4.79 Å². The quantitative estimate of drug-likeness (QED) is 0.682. The van der Waals surface area contributed by atoms with E-state index in [2.05, 4.69) is 10.5 Å². The number of carbonyl (C=O) groups is 1. The minimum atomic E-state index is -0.398. The van der Waals surface area contributed by atoms with E-state index in [4.69, 9.17) is 18.7 Å². The molecule has 0 radical (unpaired) electrons. The molecule has 27 heavy (non-hydrogen) atoms. The van der Waals surface area contributed by atoms with Gasteiger partial charge in [0.2, 0.25) is 0 Å². The van der Waals surface area contributed by atoms with Crippen LogP contribution in [0, 0.1) is 6.92 Å². The molecule has 3 aromatic rings. The molecule has 0 spiro atoms. The largest absolute Gasteiger partial charge is 0.497 e. The summed E-state index contributed by atoms with van der Waals surface area (Å²) < 4.78 is 21.3. The van der Waals surface area contributed by atoms with Crippen LogP contribution >= 0.6 is 0 Å². The fourth-order valence-electron chi connectivity index (χ4n) is 2.50. The summed E-state index contributed by atoms with van der Waals surface area (Å²) in [4.78, 5) is 12.6. The minimum absolute atomic E-state index is 0.149. The Balaban J connectivity index is 1.74. The van der Waals surface area contributed by atoms with Crippen molar-refractivity contribution in [2.24, 2.45) is 0 Å². The first-order chi connectivity index (χ1) is 13.1. The average Bonchev–Trinajstić information content (AvgIpc) is 3.07. The molecule has 0 unspecified atom stereocenters. The first-order valence-corrected chi connectivity index (χ1v) is 8.28. The molecule has 0 aliphatic carbocycles. The van der Waals surface area contributed by atoms with Gasteiger partial charge in [0.1, 0.15) is 29.6 Å². The fourth-order valence-corrected chi connectivity index (χ4v) is 2.50. The zero-order chi connectivity index (χ0) is 19.2. The number of ether oxygens (including phenoxy) is 3. The van der Waals surface area contributed by atoms with E-state index in [1.165, 1.54) is 0 Å². The Kier molecular flexibility index (Phi) is 5.61. The second-order valence-electron chi connectivity index (χ2n) is 5.68. The maximum absolute atomic E-state index is 12.6. The number of aryl methyl sites for hydroxylation is 1. The molecule has 3 rings (SSSR count). The van der Waals surface area contributed by atoms with Crippen molar-refractivity contribution in [1.82, 2.24) is 5.16 Å². The molecule has 0 saturated heterocycles. The van der Waals surface area contributed by atoms with Gasteiger partial charge in [-0.2, -0.15) is 0 Å². The lowest BCUT2D eigenvalue weighted by Gasteiger charge is -2.10. The van der Waals surface area contributed by atoms with Gasteiger partial charge in [0.15, 0.2) is 5.69 Å². The number of hydrogen-bond donors (Lipinski definition) is 1. The molecule has 0 aliphatic heterocycles. The highest BCUT2D eigenvalue weighted by molar-refractivity contribution is 6.04. The zero-order valence-electron chi connectivity index (χ0n) is 15.3. The van der Waals surface area contributed by atoms with Crippen LogP contribution in [0.2, 0.25) is 0 Å². The van der Waals surface area contributed by atoms with Crippen molar-refractivity contribution in [3.8, 4) is 17.2 Å². The fraction of sp³-hybridized carbons (Fsp3) is 0.200. The van der Waals surface area contributed by atoms with Gasteiger partial charge >= 0.3 is 0 Å². The summed E-state index contributed by atoms with van der Waals surface area (Å²) in [6, 6.07) is 14.3. The Labute approximate surface area is 156 Å². The van der Waals surface area contributed by atoms with E-state index < -0.39 is 5.91 Å². The topological polar surface area (TPSA) is 82.8 Å². The van der Waals surface area contributed by atoms with Crippen molar-refractivity contribution in [2.75, 3.05) is 19.5 Å². The van der Waals surface area contributed by atoms with Crippen LogP contribution in [-0.2, 0) is 6.61 Å². The molecule has 140 valence electrons. The van der Waals surface area contributed by atoms with Gasteiger partial charge in [0.05, 0.1) is 25.5 Å². The first-order valence-electron chi connectivity index (χ1n) is 8.28. The SMILES string of the molecule is COc1ccc(OCc2c(C(=O)Nc3ccccc3OC)noc2C)cc1. The summed E-state index contributed by atoms with van der Waals surface area (Å²) in [5, 5.41) is 6.67. The highest BCUT2D eigenvalue weighted by atomic mass is 16.5. The van der Waals surface area contributed by atoms with Crippen molar-refractivity contribution in [2.45, 2.75) is 13.5 Å². The first kappa shape index (κ1) is 18.3. The molecular weight excluding hydrogens is 348 g/mol. The molecule has 0 bridgehead atoms. The number of para-hydroxylation sites is 2. The minimum Gasteiger partial charge on any atom is -0.497 e. The maximum atomic E-state index is 12.6. The molecule has 1 aromatic heterocycles. The van der Waals surface area contributed by atoms with Gasteiger partial charge in [-0.3, -0.25) is 4.79 Å². The van der Waals surface area contributed by atoms with E-state index in [1.54, 1.807) is 63.6 Å². The summed E-state index contributed by atoms with van der Waals surface area (Å²) in [5.41, 5.74) is 1.30. The Morgan fingerprint density at radius 2 is 1.74 bits per heavy atom. The Hall–Kier alpha value is -3.48. The maximum Gasteiger partial charge on any atom is 0.278 e. The predicted octanol–water partition coefficient (Wildman–Crippen LogP) is 3.83. The summed E-state index contributed by atoms with van der Waals surface area (Å²) in [7, 11) is 3.14. The smallest absolute Gasteiger partial charge is 0.278 e. The second kappa shape index (κ2) is 8.27. The van der Waals surface area contributed by atoms with Gasteiger partial charge < -0.3 is 24.1 Å². The molecule has 1 heterocycles. The summed E-state index contributed by atoms with van der Waals surface area (Å²) in [6.45, 7) is 1.88. The number of carbonyl (C=O) groups excluding carboxylic acids is 1. The molecule has 0 saturated carbocycles. The predicted molar refractivity (Wildman–Crippen MR) is 99.5 cm³/mol. The number of rotatable bonds is 7. The van der Waals surface area contributed by atoms with E-state index >= 15 is 0 Å². The third kappa shape index (κ3) is 4.20. The van der Waals surface area contributed by atoms with Crippen molar-refractivity contribution in [3.63, 3.8) is 0 Å². The molecule has 1 amide bonds. The van der Waals surface area contributed by atoms with E-state index in [-0.39, 0.29) is 12.3 Å². The van der Waals surface area contributed by atoms with Crippen LogP contribution in [0.5, 0.6) is 17.2 Å². The van der Waals surface area contributed by atoms with Crippen LogP contribution in [0.3, 0.4) is 0 Å². The number of methoxy groups -OCH3 is 2. The van der Waals surface area contributed by atoms with Crippen molar-refractivity contribution < 1.29 is 23.5 Å². The average molecular weight is 368 g/mol. The number of nitrogens with one attached hydrogen (secondary N) is 1. The zero-order valence-corrected chi connectivity index (χ0v) is 15.3. The van der Waals surface area contributed by atoms with E-state index in [0.29, 0.717) is 28.5 Å².